The minimum absolute atomic E-state index is 0.0605. The summed E-state index contributed by atoms with van der Waals surface area (Å²) in [6.45, 7) is 0.426. The van der Waals surface area contributed by atoms with E-state index in [1.807, 2.05) is 0 Å². The van der Waals surface area contributed by atoms with E-state index in [9.17, 15) is 9.18 Å². The predicted molar refractivity (Wildman–Crippen MR) is 117 cm³/mol. The highest BCUT2D eigenvalue weighted by atomic mass is 35.5. The molecule has 2 heterocycles. The molecule has 0 radical (unpaired) electrons. The van der Waals surface area contributed by atoms with Crippen LogP contribution < -0.4 is 14.2 Å². The molecule has 0 unspecified atom stereocenters. The van der Waals surface area contributed by atoms with Crippen molar-refractivity contribution in [3.05, 3.63) is 92.4 Å². The Kier molecular flexibility index (Phi) is 5.51. The molecule has 5 nitrogen and oxygen atoms in total. The van der Waals surface area contributed by atoms with E-state index < -0.39 is 5.82 Å². The van der Waals surface area contributed by atoms with Crippen LogP contribution in [0.1, 0.15) is 27.0 Å². The second kappa shape index (κ2) is 8.47. The summed E-state index contributed by atoms with van der Waals surface area (Å²) in [7, 11) is 0. The van der Waals surface area contributed by atoms with Gasteiger partial charge in [-0.2, -0.15) is 0 Å². The highest BCUT2D eigenvalue weighted by molar-refractivity contribution is 6.31. The van der Waals surface area contributed by atoms with Gasteiger partial charge in [-0.3, -0.25) is 4.79 Å². The Morgan fingerprint density at radius 2 is 2.00 bits per heavy atom. The molecule has 3 aromatic rings. The lowest BCUT2D eigenvalue weighted by atomic mass is 10.1. The highest BCUT2D eigenvalue weighted by Gasteiger charge is 2.29. The molecule has 3 aromatic carbocycles. The third-order valence-corrected chi connectivity index (χ3v) is 5.65. The zero-order chi connectivity index (χ0) is 22.2. The maximum Gasteiger partial charge on any atom is 0.231 e. The minimum atomic E-state index is -0.451. The molecular formula is C24H15Cl2FO5. The number of halogens is 3. The molecule has 2 aliphatic rings. The van der Waals surface area contributed by atoms with Crippen LogP contribution in [0.3, 0.4) is 0 Å². The molecule has 0 amide bonds. The van der Waals surface area contributed by atoms with E-state index in [4.69, 9.17) is 42.1 Å². The van der Waals surface area contributed by atoms with Gasteiger partial charge in [0.05, 0.1) is 17.2 Å². The summed E-state index contributed by atoms with van der Waals surface area (Å²) >= 11 is 12.2. The van der Waals surface area contributed by atoms with Crippen molar-refractivity contribution in [1.82, 2.24) is 0 Å². The van der Waals surface area contributed by atoms with Gasteiger partial charge in [0.25, 0.3) is 0 Å². The molecule has 0 atom stereocenters. The van der Waals surface area contributed by atoms with Crippen molar-refractivity contribution >= 4 is 35.1 Å². The van der Waals surface area contributed by atoms with Crippen LogP contribution in [0.4, 0.5) is 4.39 Å². The number of hydrogen-bond donors (Lipinski definition) is 0. The number of carbonyl (C=O) groups excluding carboxylic acids is 1. The van der Waals surface area contributed by atoms with E-state index in [0.29, 0.717) is 40.0 Å². The van der Waals surface area contributed by atoms with E-state index in [1.165, 1.54) is 12.1 Å². The van der Waals surface area contributed by atoms with Crippen molar-refractivity contribution in [3.8, 4) is 17.2 Å². The van der Waals surface area contributed by atoms with Crippen LogP contribution >= 0.6 is 23.2 Å². The van der Waals surface area contributed by atoms with Crippen molar-refractivity contribution in [2.24, 2.45) is 0 Å². The van der Waals surface area contributed by atoms with Gasteiger partial charge in [-0.15, -0.1) is 0 Å². The number of Topliss-reactive ketones (excluding diaryl/α,β-unsaturated/α-hetero) is 1. The van der Waals surface area contributed by atoms with Gasteiger partial charge < -0.3 is 18.9 Å². The lowest BCUT2D eigenvalue weighted by Gasteiger charge is -2.20. The Labute approximate surface area is 192 Å². The van der Waals surface area contributed by atoms with E-state index in [2.05, 4.69) is 0 Å². The standard InChI is InChI=1S/C24H15Cl2FO5/c25-15-6-13(24-14(7-15)10-29-12-31-24)8-22-23(28)17-5-4-16(9-21(17)32-22)30-11-18-19(26)2-1-3-20(18)27/h1-9H,10-12H2. The maximum absolute atomic E-state index is 14.0. The lowest BCUT2D eigenvalue weighted by molar-refractivity contribution is -0.0165. The first kappa shape index (κ1) is 20.8. The quantitative estimate of drug-likeness (QED) is 0.423. The zero-order valence-electron chi connectivity index (χ0n) is 16.5. The van der Waals surface area contributed by atoms with Gasteiger partial charge >= 0.3 is 0 Å². The number of benzene rings is 3. The summed E-state index contributed by atoms with van der Waals surface area (Å²) in [6, 6.07) is 12.7. The fourth-order valence-electron chi connectivity index (χ4n) is 3.54. The van der Waals surface area contributed by atoms with Crippen molar-refractivity contribution in [2.45, 2.75) is 13.2 Å². The monoisotopic (exact) mass is 472 g/mol. The predicted octanol–water partition coefficient (Wildman–Crippen LogP) is 6.19. The fourth-order valence-corrected chi connectivity index (χ4v) is 4.01. The normalized spacial score (nSPS) is 15.7. The molecule has 0 saturated heterocycles. The number of ether oxygens (including phenoxy) is 4. The molecule has 8 heteroatoms. The van der Waals surface area contributed by atoms with Gasteiger partial charge in [-0.1, -0.05) is 29.3 Å². The number of rotatable bonds is 4. The molecule has 32 heavy (non-hydrogen) atoms. The Morgan fingerprint density at radius 3 is 2.84 bits per heavy atom. The van der Waals surface area contributed by atoms with Crippen LogP contribution in [0.15, 0.2) is 54.3 Å². The third kappa shape index (κ3) is 3.93. The average molecular weight is 473 g/mol. The molecule has 5 rings (SSSR count). The zero-order valence-corrected chi connectivity index (χ0v) is 18.0. The number of allylic oxidation sites excluding steroid dienone is 1. The van der Waals surface area contributed by atoms with E-state index >= 15 is 0 Å². The SMILES string of the molecule is O=C1C(=Cc2cc(Cl)cc3c2OCOC3)Oc2cc(OCc3c(F)cccc3Cl)ccc21. The Morgan fingerprint density at radius 1 is 1.12 bits per heavy atom. The maximum atomic E-state index is 14.0. The second-order valence-corrected chi connectivity index (χ2v) is 8.02. The molecule has 0 aliphatic carbocycles. The van der Waals surface area contributed by atoms with Crippen LogP contribution in [0.25, 0.3) is 6.08 Å². The van der Waals surface area contributed by atoms with E-state index in [-0.39, 0.29) is 35.5 Å². The topological polar surface area (TPSA) is 54.0 Å². The number of hydrogen-bond acceptors (Lipinski definition) is 5. The first-order chi connectivity index (χ1) is 15.5. The number of carbonyl (C=O) groups is 1. The van der Waals surface area contributed by atoms with E-state index in [0.717, 1.165) is 5.56 Å². The van der Waals surface area contributed by atoms with Crippen LogP contribution in [-0.2, 0) is 18.0 Å². The van der Waals surface area contributed by atoms with Gasteiger partial charge in [-0.05, 0) is 42.5 Å². The van der Waals surface area contributed by atoms with Crippen molar-refractivity contribution < 1.29 is 28.1 Å². The minimum Gasteiger partial charge on any atom is -0.489 e. The summed E-state index contributed by atoms with van der Waals surface area (Å²) in [5.41, 5.74) is 2.06. The average Bonchev–Trinajstić information content (AvgIpc) is 3.08. The van der Waals surface area contributed by atoms with Gasteiger partial charge in [0.2, 0.25) is 5.78 Å². The summed E-state index contributed by atoms with van der Waals surface area (Å²) in [6.07, 6.45) is 1.60. The molecule has 0 saturated carbocycles. The van der Waals surface area contributed by atoms with Crippen LogP contribution in [0.5, 0.6) is 17.2 Å². The number of fused-ring (bicyclic) bond motifs is 2. The molecule has 0 spiro atoms. The van der Waals surface area contributed by atoms with Gasteiger partial charge in [0.15, 0.2) is 12.6 Å². The van der Waals surface area contributed by atoms with E-state index in [1.54, 1.807) is 42.5 Å². The van der Waals surface area contributed by atoms with Crippen LogP contribution in [0.2, 0.25) is 10.0 Å². The second-order valence-electron chi connectivity index (χ2n) is 7.18. The smallest absolute Gasteiger partial charge is 0.231 e. The molecule has 0 fully saturated rings. The Hall–Kier alpha value is -3.06. The van der Waals surface area contributed by atoms with Crippen molar-refractivity contribution in [3.63, 3.8) is 0 Å². The van der Waals surface area contributed by atoms with Crippen molar-refractivity contribution in [1.29, 1.82) is 0 Å². The fraction of sp³-hybridized carbons (Fsp3) is 0.125. The van der Waals surface area contributed by atoms with Crippen LogP contribution in [-0.4, -0.2) is 12.6 Å². The molecular weight excluding hydrogens is 458 g/mol. The molecule has 0 aromatic heterocycles. The summed E-state index contributed by atoms with van der Waals surface area (Å²) < 4.78 is 36.3. The summed E-state index contributed by atoms with van der Waals surface area (Å²) in [4.78, 5) is 12.8. The first-order valence-electron chi connectivity index (χ1n) is 9.66. The Bertz CT molecular complexity index is 1250. The molecule has 2 aliphatic heterocycles. The molecule has 162 valence electrons. The summed E-state index contributed by atoms with van der Waals surface area (Å²) in [5.74, 6) is 0.772. The molecule has 0 bridgehead atoms. The summed E-state index contributed by atoms with van der Waals surface area (Å²) in [5, 5.41) is 0.774. The van der Waals surface area contributed by atoms with Crippen molar-refractivity contribution in [2.75, 3.05) is 6.79 Å². The third-order valence-electron chi connectivity index (χ3n) is 5.08. The Balaban J connectivity index is 1.39. The largest absolute Gasteiger partial charge is 0.489 e. The van der Waals surface area contributed by atoms with Gasteiger partial charge in [-0.25, -0.2) is 4.39 Å². The van der Waals surface area contributed by atoms with Gasteiger partial charge in [0.1, 0.15) is 29.7 Å². The van der Waals surface area contributed by atoms with Gasteiger partial charge in [0, 0.05) is 27.8 Å². The van der Waals surface area contributed by atoms with Crippen LogP contribution in [0, 0.1) is 5.82 Å². The highest BCUT2D eigenvalue weighted by Crippen LogP contribution is 2.38. The first-order valence-corrected chi connectivity index (χ1v) is 10.4. The lowest BCUT2D eigenvalue weighted by Crippen LogP contribution is -2.12. The molecule has 0 N–H and O–H groups in total. The number of ketones is 1.